The van der Waals surface area contributed by atoms with E-state index in [1.54, 1.807) is 12.1 Å². The quantitative estimate of drug-likeness (QED) is 0.851. The molecule has 1 aliphatic rings. The van der Waals surface area contributed by atoms with Crippen LogP contribution >= 0.6 is 11.6 Å². The van der Waals surface area contributed by atoms with E-state index in [1.807, 2.05) is 43.4 Å². The molecule has 0 fully saturated rings. The number of hydrogen-bond donors (Lipinski definition) is 0. The van der Waals surface area contributed by atoms with E-state index in [4.69, 9.17) is 11.6 Å². The van der Waals surface area contributed by atoms with Crippen LogP contribution in [-0.2, 0) is 9.84 Å². The Morgan fingerprint density at radius 3 is 2.17 bits per heavy atom. The van der Waals surface area contributed by atoms with E-state index in [0.29, 0.717) is 9.92 Å². The van der Waals surface area contributed by atoms with E-state index in [1.165, 1.54) is 6.26 Å². The fourth-order valence-electron chi connectivity index (χ4n) is 2.63. The molecule has 0 aromatic heterocycles. The molecule has 0 unspecified atom stereocenters. The summed E-state index contributed by atoms with van der Waals surface area (Å²) in [4.78, 5) is 0.328. The second-order valence-electron chi connectivity index (χ2n) is 5.47. The van der Waals surface area contributed by atoms with Crippen molar-refractivity contribution in [1.29, 1.82) is 0 Å². The summed E-state index contributed by atoms with van der Waals surface area (Å²) >= 11 is 5.94. The lowest BCUT2D eigenvalue weighted by Gasteiger charge is -2.30. The molecule has 0 spiro atoms. The zero-order valence-electron chi connectivity index (χ0n) is 12.9. The first-order valence-electron chi connectivity index (χ1n) is 7.14. The van der Waals surface area contributed by atoms with Crippen LogP contribution in [0.15, 0.2) is 59.5 Å². The van der Waals surface area contributed by atoms with E-state index in [9.17, 15) is 8.42 Å². The zero-order valence-corrected chi connectivity index (χ0v) is 14.5. The molecule has 2 aromatic rings. The molecule has 23 heavy (non-hydrogen) atoms. The normalized spacial score (nSPS) is 15.0. The minimum atomic E-state index is -3.17. The minimum absolute atomic E-state index is 0.328. The van der Waals surface area contributed by atoms with Gasteiger partial charge in [0.05, 0.1) is 22.8 Å². The van der Waals surface area contributed by atoms with Crippen LogP contribution in [0.5, 0.6) is 0 Å². The predicted molar refractivity (Wildman–Crippen MR) is 94.1 cm³/mol. The van der Waals surface area contributed by atoms with Crippen LogP contribution in [0.25, 0.3) is 5.70 Å². The average Bonchev–Trinajstić information content (AvgIpc) is 2.89. The summed E-state index contributed by atoms with van der Waals surface area (Å²) in [5, 5.41) is 4.84. The minimum Gasteiger partial charge on any atom is -0.288 e. The Balaban J connectivity index is 1.83. The van der Waals surface area contributed by atoms with Gasteiger partial charge in [-0.2, -0.15) is 0 Å². The van der Waals surface area contributed by atoms with Gasteiger partial charge in [-0.1, -0.05) is 23.7 Å². The first-order valence-corrected chi connectivity index (χ1v) is 9.40. The molecule has 0 saturated heterocycles. The van der Waals surface area contributed by atoms with Crippen molar-refractivity contribution in [2.45, 2.75) is 4.90 Å². The third-order valence-corrected chi connectivity index (χ3v) is 5.25. The molecule has 0 saturated carbocycles. The van der Waals surface area contributed by atoms with E-state index in [0.717, 1.165) is 23.5 Å². The molecular formula is C17H17ClN2O2S. The van der Waals surface area contributed by atoms with Crippen LogP contribution in [0.1, 0.15) is 5.56 Å². The third kappa shape index (κ3) is 3.21. The van der Waals surface area contributed by atoms with Crippen molar-refractivity contribution in [2.24, 2.45) is 0 Å². The van der Waals surface area contributed by atoms with Gasteiger partial charge in [0.1, 0.15) is 0 Å². The average molecular weight is 349 g/mol. The second-order valence-corrected chi connectivity index (χ2v) is 7.92. The molecule has 0 radical (unpaired) electrons. The lowest BCUT2D eigenvalue weighted by molar-refractivity contribution is 0.475. The first-order chi connectivity index (χ1) is 10.9. The highest BCUT2D eigenvalue weighted by molar-refractivity contribution is 7.90. The lowest BCUT2D eigenvalue weighted by atomic mass is 10.1. The Kier molecular flexibility index (Phi) is 4.08. The van der Waals surface area contributed by atoms with Gasteiger partial charge in [0, 0.05) is 18.3 Å². The topological polar surface area (TPSA) is 40.6 Å². The summed E-state index contributed by atoms with van der Waals surface area (Å²) in [6.45, 7) is 0.729. The van der Waals surface area contributed by atoms with Gasteiger partial charge in [-0.15, -0.1) is 0 Å². The van der Waals surface area contributed by atoms with Crippen molar-refractivity contribution in [3.63, 3.8) is 0 Å². The Hall–Kier alpha value is -1.98. The molecule has 2 aromatic carbocycles. The summed E-state index contributed by atoms with van der Waals surface area (Å²) in [6, 6.07) is 14.6. The molecule has 4 nitrogen and oxygen atoms in total. The maximum Gasteiger partial charge on any atom is 0.175 e. The zero-order chi connectivity index (χ0) is 16.6. The van der Waals surface area contributed by atoms with Crippen LogP contribution in [0.4, 0.5) is 5.69 Å². The van der Waals surface area contributed by atoms with Gasteiger partial charge in [0.15, 0.2) is 9.84 Å². The molecule has 1 aliphatic heterocycles. The molecular weight excluding hydrogens is 332 g/mol. The van der Waals surface area contributed by atoms with Gasteiger partial charge >= 0.3 is 0 Å². The van der Waals surface area contributed by atoms with Gasteiger partial charge in [-0.25, -0.2) is 8.42 Å². The molecule has 0 bridgehead atoms. The number of benzene rings is 2. The highest BCUT2D eigenvalue weighted by atomic mass is 35.5. The fourth-order valence-corrected chi connectivity index (χ4v) is 3.38. The van der Waals surface area contributed by atoms with Crippen LogP contribution in [-0.4, -0.2) is 33.3 Å². The van der Waals surface area contributed by atoms with Crippen molar-refractivity contribution >= 4 is 32.8 Å². The standard InChI is InChI=1S/C17H17ClN2O2S/c1-19-17(13-3-5-14(18)6-4-13)11-12-20(19)15-7-9-16(10-8-15)23(2,21)22/h3-11H,12H2,1-2H3. The summed E-state index contributed by atoms with van der Waals surface area (Å²) in [7, 11) is -1.19. The summed E-state index contributed by atoms with van der Waals surface area (Å²) < 4.78 is 23.1. The molecule has 0 atom stereocenters. The summed E-state index contributed by atoms with van der Waals surface area (Å²) in [5.74, 6) is 0. The fraction of sp³-hybridized carbons (Fsp3) is 0.176. The Morgan fingerprint density at radius 2 is 1.61 bits per heavy atom. The van der Waals surface area contributed by atoms with Crippen molar-refractivity contribution < 1.29 is 8.42 Å². The van der Waals surface area contributed by atoms with Gasteiger partial charge < -0.3 is 0 Å². The number of nitrogens with zero attached hydrogens (tertiary/aromatic N) is 2. The Morgan fingerprint density at radius 1 is 1.00 bits per heavy atom. The Bertz CT molecular complexity index is 843. The summed E-state index contributed by atoms with van der Waals surface area (Å²) in [6.07, 6.45) is 3.35. The van der Waals surface area contributed by atoms with Crippen molar-refractivity contribution in [3.8, 4) is 0 Å². The molecule has 0 amide bonds. The van der Waals surface area contributed by atoms with Crippen LogP contribution in [0.3, 0.4) is 0 Å². The Labute approximate surface area is 141 Å². The number of sulfone groups is 1. The number of halogens is 1. The van der Waals surface area contributed by atoms with Crippen molar-refractivity contribution in [2.75, 3.05) is 24.9 Å². The van der Waals surface area contributed by atoms with E-state index in [-0.39, 0.29) is 0 Å². The van der Waals surface area contributed by atoms with Gasteiger partial charge in [-0.3, -0.25) is 10.0 Å². The molecule has 0 N–H and O–H groups in total. The molecule has 3 rings (SSSR count). The van der Waals surface area contributed by atoms with E-state index in [2.05, 4.69) is 16.1 Å². The first kappa shape index (κ1) is 15.9. The monoisotopic (exact) mass is 348 g/mol. The predicted octanol–water partition coefficient (Wildman–Crippen LogP) is 3.45. The number of hydrogen-bond acceptors (Lipinski definition) is 4. The number of hydrazine groups is 1. The third-order valence-electron chi connectivity index (χ3n) is 3.87. The van der Waals surface area contributed by atoms with Crippen LogP contribution in [0.2, 0.25) is 5.02 Å². The SMILES string of the molecule is CN1C(c2ccc(Cl)cc2)=CCN1c1ccc(S(C)(=O)=O)cc1. The number of anilines is 1. The highest BCUT2D eigenvalue weighted by Gasteiger charge is 2.22. The second kappa shape index (κ2) is 5.91. The lowest BCUT2D eigenvalue weighted by Crippen LogP contribution is -2.33. The molecule has 1 heterocycles. The molecule has 6 heteroatoms. The van der Waals surface area contributed by atoms with Gasteiger partial charge in [0.25, 0.3) is 0 Å². The van der Waals surface area contributed by atoms with Gasteiger partial charge in [-0.05, 0) is 48.0 Å². The van der Waals surface area contributed by atoms with Gasteiger partial charge in [0.2, 0.25) is 0 Å². The van der Waals surface area contributed by atoms with Crippen LogP contribution < -0.4 is 5.01 Å². The maximum atomic E-state index is 11.5. The highest BCUT2D eigenvalue weighted by Crippen LogP contribution is 2.30. The molecule has 0 aliphatic carbocycles. The van der Waals surface area contributed by atoms with E-state index >= 15 is 0 Å². The number of rotatable bonds is 3. The maximum absolute atomic E-state index is 11.5. The van der Waals surface area contributed by atoms with Crippen LogP contribution in [0, 0.1) is 0 Å². The smallest absolute Gasteiger partial charge is 0.175 e. The largest absolute Gasteiger partial charge is 0.288 e. The summed E-state index contributed by atoms with van der Waals surface area (Å²) in [5.41, 5.74) is 3.13. The van der Waals surface area contributed by atoms with E-state index < -0.39 is 9.84 Å². The van der Waals surface area contributed by atoms with Crippen molar-refractivity contribution in [3.05, 3.63) is 65.2 Å². The molecule has 120 valence electrons. The van der Waals surface area contributed by atoms with Crippen molar-refractivity contribution in [1.82, 2.24) is 5.01 Å².